The van der Waals surface area contributed by atoms with Crippen molar-refractivity contribution in [1.82, 2.24) is 16.0 Å². The maximum atomic E-state index is 14.4. The summed E-state index contributed by atoms with van der Waals surface area (Å²) in [6, 6.07) is 3.68. The quantitative estimate of drug-likeness (QED) is 0.0638. The van der Waals surface area contributed by atoms with Gasteiger partial charge in [-0.25, -0.2) is 0 Å². The molecule has 1 rings (SSSR count). The van der Waals surface area contributed by atoms with Gasteiger partial charge in [0.25, 0.3) is 17.7 Å². The van der Waals surface area contributed by atoms with Crippen molar-refractivity contribution in [2.24, 2.45) is 0 Å². The summed E-state index contributed by atoms with van der Waals surface area (Å²) < 4.78 is 50.7. The summed E-state index contributed by atoms with van der Waals surface area (Å²) in [5.74, 6) is 18.7. The topological polar surface area (TPSA) is 170 Å². The Bertz CT molecular complexity index is 1630. The Labute approximate surface area is 371 Å². The fourth-order valence-electron chi connectivity index (χ4n) is 5.41. The lowest BCUT2D eigenvalue weighted by Gasteiger charge is -2.34. The largest absolute Gasteiger partial charge is 0.366 e. The van der Waals surface area contributed by atoms with Crippen molar-refractivity contribution >= 4 is 17.7 Å². The van der Waals surface area contributed by atoms with E-state index in [1.807, 2.05) is 0 Å². The second-order valence-corrected chi connectivity index (χ2v) is 13.3. The molecule has 0 atom stereocenters. The predicted molar refractivity (Wildman–Crippen MR) is 234 cm³/mol. The molecule has 0 bridgehead atoms. The van der Waals surface area contributed by atoms with E-state index in [-0.39, 0.29) is 136 Å². The number of amides is 3. The first kappa shape index (κ1) is 54.3. The summed E-state index contributed by atoms with van der Waals surface area (Å²) in [4.78, 5) is 43.3. The van der Waals surface area contributed by atoms with Gasteiger partial charge in [0.15, 0.2) is 0 Å². The standard InChI is InChI=1S/C48H51N3O12/c1-10-19-55-31-46(32-56-20-11-2,33-57-21-12-3)49-43(52)40-28-41(44(53)50-47(34-58-22-13-4,35-59-23-14-5)36-60-24-15-6)30-42(29-40)45(54)51-48(37-61-25-16-7,38-62-26-17-8)39-63-27-18-9/h1-9,28-30H,19-27,31-39H2,(H,49,52)(H,50,53)(H,51,54). The van der Waals surface area contributed by atoms with Crippen LogP contribution in [-0.4, -0.2) is 153 Å². The zero-order valence-electron chi connectivity index (χ0n) is 35.1. The van der Waals surface area contributed by atoms with Crippen LogP contribution in [0.15, 0.2) is 18.2 Å². The number of ether oxygens (including phenoxy) is 9. The average molecular weight is 862 g/mol. The summed E-state index contributed by atoms with van der Waals surface area (Å²) in [5.41, 5.74) is -4.98. The van der Waals surface area contributed by atoms with Gasteiger partial charge in [-0.2, -0.15) is 0 Å². The van der Waals surface area contributed by atoms with E-state index >= 15 is 0 Å². The summed E-state index contributed by atoms with van der Waals surface area (Å²) in [6.07, 6.45) is 48.8. The Kier molecular flexibility index (Phi) is 27.7. The molecule has 0 heterocycles. The Morgan fingerprint density at radius 3 is 0.603 bits per heavy atom. The molecule has 1 aromatic carbocycles. The number of carbonyl (C=O) groups excluding carboxylic acids is 3. The molecule has 0 unspecified atom stereocenters. The monoisotopic (exact) mass is 861 g/mol. The Balaban J connectivity index is 4.10. The van der Waals surface area contributed by atoms with E-state index in [2.05, 4.69) is 69.2 Å². The first-order valence-electron chi connectivity index (χ1n) is 18.8. The van der Waals surface area contributed by atoms with Gasteiger partial charge in [0.05, 0.1) is 59.5 Å². The Morgan fingerprint density at radius 1 is 0.333 bits per heavy atom. The lowest BCUT2D eigenvalue weighted by atomic mass is 9.97. The van der Waals surface area contributed by atoms with Crippen LogP contribution < -0.4 is 16.0 Å². The molecule has 15 heteroatoms. The molecule has 1 aromatic rings. The van der Waals surface area contributed by atoms with Gasteiger partial charge in [-0.3, -0.25) is 14.4 Å². The van der Waals surface area contributed by atoms with Gasteiger partial charge in [0.1, 0.15) is 76.1 Å². The molecule has 0 radical (unpaired) electrons. The van der Waals surface area contributed by atoms with Crippen LogP contribution in [0.2, 0.25) is 0 Å². The van der Waals surface area contributed by atoms with Crippen molar-refractivity contribution in [3.05, 3.63) is 34.9 Å². The number of carbonyl (C=O) groups is 3. The van der Waals surface area contributed by atoms with Crippen LogP contribution in [0.5, 0.6) is 0 Å². The molecule has 0 spiro atoms. The molecule has 0 aromatic heterocycles. The van der Waals surface area contributed by atoms with E-state index in [0.29, 0.717) is 0 Å². The summed E-state index contributed by atoms with van der Waals surface area (Å²) >= 11 is 0. The van der Waals surface area contributed by atoms with Crippen LogP contribution in [0.3, 0.4) is 0 Å². The fraction of sp³-hybridized carbons (Fsp3) is 0.438. The van der Waals surface area contributed by atoms with E-state index in [4.69, 9.17) is 100 Å². The molecule has 0 aliphatic carbocycles. The minimum absolute atomic E-state index is 0.145. The van der Waals surface area contributed by atoms with Gasteiger partial charge in [0, 0.05) is 16.7 Å². The number of benzene rings is 1. The SMILES string of the molecule is C#CCOCC(COCC#C)(COCC#C)NC(=O)c1cc(C(=O)NC(COCC#C)(COCC#C)COCC#C)cc(C(=O)NC(COCC#C)(COCC#C)COCC#C)c1. The molecule has 330 valence electrons. The van der Waals surface area contributed by atoms with Gasteiger partial charge in [-0.15, -0.1) is 57.8 Å². The van der Waals surface area contributed by atoms with Gasteiger partial charge in [-0.1, -0.05) is 53.3 Å². The highest BCUT2D eigenvalue weighted by atomic mass is 16.5. The van der Waals surface area contributed by atoms with Crippen molar-refractivity contribution in [2.45, 2.75) is 16.6 Å². The van der Waals surface area contributed by atoms with Crippen molar-refractivity contribution in [1.29, 1.82) is 0 Å². The molecule has 63 heavy (non-hydrogen) atoms. The lowest BCUT2D eigenvalue weighted by molar-refractivity contribution is -0.0207. The molecular weight excluding hydrogens is 811 g/mol. The van der Waals surface area contributed by atoms with Crippen LogP contribution in [-0.2, 0) is 42.6 Å². The zero-order valence-corrected chi connectivity index (χ0v) is 35.1. The maximum absolute atomic E-state index is 14.4. The summed E-state index contributed by atoms with van der Waals surface area (Å²) in [5, 5.41) is 8.53. The first-order chi connectivity index (χ1) is 30.5. The fourth-order valence-corrected chi connectivity index (χ4v) is 5.41. The molecule has 0 saturated heterocycles. The number of rotatable bonds is 33. The zero-order chi connectivity index (χ0) is 46.7. The van der Waals surface area contributed by atoms with E-state index < -0.39 is 34.3 Å². The Morgan fingerprint density at radius 2 is 0.476 bits per heavy atom. The summed E-state index contributed by atoms with van der Waals surface area (Å²) in [6.45, 7) is -3.46. The highest BCUT2D eigenvalue weighted by Gasteiger charge is 2.38. The van der Waals surface area contributed by atoms with Crippen LogP contribution >= 0.6 is 0 Å². The molecule has 0 aliphatic rings. The molecule has 0 aliphatic heterocycles. The second-order valence-electron chi connectivity index (χ2n) is 13.3. The second kappa shape index (κ2) is 32.1. The molecule has 0 fully saturated rings. The van der Waals surface area contributed by atoms with Crippen LogP contribution in [0.25, 0.3) is 0 Å². The van der Waals surface area contributed by atoms with Gasteiger partial charge < -0.3 is 58.6 Å². The van der Waals surface area contributed by atoms with E-state index in [9.17, 15) is 14.4 Å². The molecular formula is C48H51N3O12. The highest BCUT2D eigenvalue weighted by molar-refractivity contribution is 6.05. The highest BCUT2D eigenvalue weighted by Crippen LogP contribution is 2.19. The number of terminal acetylenes is 9. The average Bonchev–Trinajstić information content (AvgIpc) is 3.27. The Hall–Kier alpha value is -6.69. The van der Waals surface area contributed by atoms with Crippen LogP contribution in [0.1, 0.15) is 31.1 Å². The predicted octanol–water partition coefficient (Wildman–Crippen LogP) is -0.0594. The van der Waals surface area contributed by atoms with Gasteiger partial charge in [0.2, 0.25) is 0 Å². The smallest absolute Gasteiger partial charge is 0.251 e. The molecule has 3 N–H and O–H groups in total. The molecule has 0 saturated carbocycles. The maximum Gasteiger partial charge on any atom is 0.251 e. The van der Waals surface area contributed by atoms with Crippen molar-refractivity contribution in [3.8, 4) is 111 Å². The van der Waals surface area contributed by atoms with Gasteiger partial charge >= 0.3 is 0 Å². The number of hydrogen-bond donors (Lipinski definition) is 3. The van der Waals surface area contributed by atoms with Crippen molar-refractivity contribution in [2.75, 3.05) is 119 Å². The minimum atomic E-state index is -1.46. The number of hydrogen-bond acceptors (Lipinski definition) is 12. The summed E-state index contributed by atoms with van der Waals surface area (Å²) in [7, 11) is 0. The van der Waals surface area contributed by atoms with Crippen molar-refractivity contribution < 1.29 is 57.0 Å². The van der Waals surface area contributed by atoms with E-state index in [0.717, 1.165) is 0 Å². The van der Waals surface area contributed by atoms with E-state index in [1.54, 1.807) is 0 Å². The third-order valence-corrected chi connectivity index (χ3v) is 7.93. The van der Waals surface area contributed by atoms with Crippen molar-refractivity contribution in [3.63, 3.8) is 0 Å². The minimum Gasteiger partial charge on any atom is -0.366 e. The van der Waals surface area contributed by atoms with Crippen LogP contribution in [0, 0.1) is 111 Å². The lowest BCUT2D eigenvalue weighted by Crippen LogP contribution is -2.59. The molecule has 3 amide bonds. The van der Waals surface area contributed by atoms with E-state index in [1.165, 1.54) is 18.2 Å². The third kappa shape index (κ3) is 21.1. The van der Waals surface area contributed by atoms with Crippen LogP contribution in [0.4, 0.5) is 0 Å². The normalized spacial score (nSPS) is 10.7. The third-order valence-electron chi connectivity index (χ3n) is 7.93. The first-order valence-corrected chi connectivity index (χ1v) is 18.8. The molecule has 15 nitrogen and oxygen atoms in total. The van der Waals surface area contributed by atoms with Gasteiger partial charge in [-0.05, 0) is 18.2 Å². The number of nitrogens with one attached hydrogen (secondary N) is 3.